The highest BCUT2D eigenvalue weighted by molar-refractivity contribution is 5.40. The molecule has 0 spiro atoms. The number of rotatable bonds is 7. The van der Waals surface area contributed by atoms with E-state index >= 15 is 0 Å². The SMILES string of the molecule is CC(C)(CCCO)CNCc1ccc(O)c(O)c1. The number of hydrogen-bond donors (Lipinski definition) is 4. The van der Waals surface area contributed by atoms with Gasteiger partial charge in [0.05, 0.1) is 0 Å². The first kappa shape index (κ1) is 14.8. The first-order valence-corrected chi connectivity index (χ1v) is 6.27. The molecule has 4 heteroatoms. The Kier molecular flexibility index (Phi) is 5.44. The summed E-state index contributed by atoms with van der Waals surface area (Å²) in [6, 6.07) is 4.83. The van der Waals surface area contributed by atoms with Crippen molar-refractivity contribution in [3.05, 3.63) is 23.8 Å². The van der Waals surface area contributed by atoms with Crippen LogP contribution in [0.5, 0.6) is 11.5 Å². The first-order valence-electron chi connectivity index (χ1n) is 6.27. The van der Waals surface area contributed by atoms with Crippen LogP contribution in [0.15, 0.2) is 18.2 Å². The van der Waals surface area contributed by atoms with Crippen LogP contribution in [0.3, 0.4) is 0 Å². The predicted molar refractivity (Wildman–Crippen MR) is 71.6 cm³/mol. The molecule has 0 heterocycles. The maximum absolute atomic E-state index is 9.37. The molecule has 0 saturated heterocycles. The van der Waals surface area contributed by atoms with E-state index in [2.05, 4.69) is 19.2 Å². The van der Waals surface area contributed by atoms with Gasteiger partial charge in [0, 0.05) is 19.7 Å². The van der Waals surface area contributed by atoms with E-state index in [1.807, 2.05) is 0 Å². The van der Waals surface area contributed by atoms with Gasteiger partial charge in [0.15, 0.2) is 11.5 Å². The molecule has 1 aromatic rings. The molecule has 0 unspecified atom stereocenters. The highest BCUT2D eigenvalue weighted by Gasteiger charge is 2.16. The van der Waals surface area contributed by atoms with Crippen molar-refractivity contribution in [2.45, 2.75) is 33.2 Å². The molecule has 102 valence electrons. The summed E-state index contributed by atoms with van der Waals surface area (Å²) in [5.74, 6) is -0.184. The van der Waals surface area contributed by atoms with Crippen LogP contribution in [0.2, 0.25) is 0 Å². The molecule has 0 aliphatic carbocycles. The molecule has 0 bridgehead atoms. The van der Waals surface area contributed by atoms with Gasteiger partial charge < -0.3 is 20.6 Å². The highest BCUT2D eigenvalue weighted by Crippen LogP contribution is 2.25. The lowest BCUT2D eigenvalue weighted by atomic mass is 9.88. The lowest BCUT2D eigenvalue weighted by Crippen LogP contribution is -2.29. The van der Waals surface area contributed by atoms with E-state index < -0.39 is 0 Å². The average Bonchev–Trinajstić information content (AvgIpc) is 2.31. The molecule has 0 atom stereocenters. The van der Waals surface area contributed by atoms with E-state index in [1.165, 1.54) is 6.07 Å². The van der Waals surface area contributed by atoms with E-state index in [-0.39, 0.29) is 23.5 Å². The van der Waals surface area contributed by atoms with Crippen LogP contribution in [0.4, 0.5) is 0 Å². The van der Waals surface area contributed by atoms with Crippen LogP contribution in [-0.4, -0.2) is 28.5 Å². The second kappa shape index (κ2) is 6.61. The second-order valence-corrected chi connectivity index (χ2v) is 5.42. The van der Waals surface area contributed by atoms with E-state index in [1.54, 1.807) is 12.1 Å². The Bertz CT molecular complexity index is 377. The van der Waals surface area contributed by atoms with Crippen molar-refractivity contribution in [3.63, 3.8) is 0 Å². The Labute approximate surface area is 108 Å². The van der Waals surface area contributed by atoms with Gasteiger partial charge in [-0.05, 0) is 36.0 Å². The Morgan fingerprint density at radius 3 is 2.50 bits per heavy atom. The Morgan fingerprint density at radius 1 is 1.17 bits per heavy atom. The summed E-state index contributed by atoms with van der Waals surface area (Å²) in [4.78, 5) is 0. The minimum absolute atomic E-state index is 0.0890. The summed E-state index contributed by atoms with van der Waals surface area (Å²) in [6.07, 6.45) is 1.78. The van der Waals surface area contributed by atoms with Gasteiger partial charge in [-0.3, -0.25) is 0 Å². The average molecular weight is 253 g/mol. The normalized spacial score (nSPS) is 11.7. The van der Waals surface area contributed by atoms with Crippen LogP contribution in [0.1, 0.15) is 32.3 Å². The lowest BCUT2D eigenvalue weighted by molar-refractivity contribution is 0.236. The Morgan fingerprint density at radius 2 is 1.89 bits per heavy atom. The molecule has 0 fully saturated rings. The summed E-state index contributed by atoms with van der Waals surface area (Å²) in [6.45, 7) is 6.04. The summed E-state index contributed by atoms with van der Waals surface area (Å²) in [5, 5.41) is 30.7. The standard InChI is InChI=1S/C14H23NO3/c1-14(2,6-3-7-16)10-15-9-11-4-5-12(17)13(18)8-11/h4-5,8,15-18H,3,6-7,9-10H2,1-2H3. The molecule has 0 aromatic heterocycles. The zero-order valence-corrected chi connectivity index (χ0v) is 11.1. The predicted octanol–water partition coefficient (Wildman–Crippen LogP) is 1.99. The van der Waals surface area contributed by atoms with Crippen LogP contribution in [0, 0.1) is 5.41 Å². The third kappa shape index (κ3) is 4.94. The topological polar surface area (TPSA) is 72.7 Å². The van der Waals surface area contributed by atoms with Crippen LogP contribution in [0.25, 0.3) is 0 Å². The largest absolute Gasteiger partial charge is 0.504 e. The number of nitrogens with one attached hydrogen (secondary N) is 1. The quantitative estimate of drug-likeness (QED) is 0.561. The number of phenols is 2. The van der Waals surface area contributed by atoms with Crippen LogP contribution in [-0.2, 0) is 6.54 Å². The number of aliphatic hydroxyl groups excluding tert-OH is 1. The van der Waals surface area contributed by atoms with E-state index in [0.717, 1.165) is 24.9 Å². The number of phenolic OH excluding ortho intramolecular Hbond substituents is 2. The molecule has 0 aliphatic rings. The zero-order valence-electron chi connectivity index (χ0n) is 11.1. The van der Waals surface area contributed by atoms with Crippen molar-refractivity contribution in [1.29, 1.82) is 0 Å². The summed E-state index contributed by atoms with van der Waals surface area (Å²) in [7, 11) is 0. The van der Waals surface area contributed by atoms with E-state index in [4.69, 9.17) is 5.11 Å². The van der Waals surface area contributed by atoms with Gasteiger partial charge in [0.2, 0.25) is 0 Å². The minimum atomic E-state index is -0.0953. The van der Waals surface area contributed by atoms with Crippen molar-refractivity contribution >= 4 is 0 Å². The van der Waals surface area contributed by atoms with Crippen molar-refractivity contribution in [2.24, 2.45) is 5.41 Å². The van der Waals surface area contributed by atoms with Gasteiger partial charge in [0.25, 0.3) is 0 Å². The van der Waals surface area contributed by atoms with Crippen molar-refractivity contribution in [3.8, 4) is 11.5 Å². The molecule has 4 nitrogen and oxygen atoms in total. The number of hydrogen-bond acceptors (Lipinski definition) is 4. The number of benzene rings is 1. The Balaban J connectivity index is 2.39. The molecular formula is C14H23NO3. The molecule has 0 saturated carbocycles. The smallest absolute Gasteiger partial charge is 0.157 e. The summed E-state index contributed by atoms with van der Waals surface area (Å²) in [5.41, 5.74) is 1.07. The molecule has 0 amide bonds. The fraction of sp³-hybridized carbons (Fsp3) is 0.571. The first-order chi connectivity index (χ1) is 8.44. The summed E-state index contributed by atoms with van der Waals surface area (Å²) < 4.78 is 0. The second-order valence-electron chi connectivity index (χ2n) is 5.42. The summed E-state index contributed by atoms with van der Waals surface area (Å²) >= 11 is 0. The third-order valence-corrected chi connectivity index (χ3v) is 2.98. The van der Waals surface area contributed by atoms with Gasteiger partial charge in [-0.25, -0.2) is 0 Å². The maximum Gasteiger partial charge on any atom is 0.157 e. The van der Waals surface area contributed by atoms with E-state index in [0.29, 0.717) is 6.54 Å². The lowest BCUT2D eigenvalue weighted by Gasteiger charge is -2.24. The zero-order chi connectivity index (χ0) is 13.6. The van der Waals surface area contributed by atoms with Gasteiger partial charge in [0.1, 0.15) is 0 Å². The fourth-order valence-corrected chi connectivity index (χ4v) is 1.87. The number of aliphatic hydroxyl groups is 1. The molecule has 4 N–H and O–H groups in total. The van der Waals surface area contributed by atoms with Crippen LogP contribution < -0.4 is 5.32 Å². The highest BCUT2D eigenvalue weighted by atomic mass is 16.3. The fourth-order valence-electron chi connectivity index (χ4n) is 1.87. The van der Waals surface area contributed by atoms with Crippen molar-refractivity contribution in [1.82, 2.24) is 5.32 Å². The minimum Gasteiger partial charge on any atom is -0.504 e. The molecule has 1 rings (SSSR count). The number of aromatic hydroxyl groups is 2. The third-order valence-electron chi connectivity index (χ3n) is 2.98. The van der Waals surface area contributed by atoms with E-state index in [9.17, 15) is 10.2 Å². The maximum atomic E-state index is 9.37. The monoisotopic (exact) mass is 253 g/mol. The van der Waals surface area contributed by atoms with Crippen molar-refractivity contribution < 1.29 is 15.3 Å². The van der Waals surface area contributed by atoms with Crippen LogP contribution >= 0.6 is 0 Å². The molecule has 0 aliphatic heterocycles. The molecule has 0 radical (unpaired) electrons. The molecule has 1 aromatic carbocycles. The Hall–Kier alpha value is -1.26. The van der Waals surface area contributed by atoms with Gasteiger partial charge >= 0.3 is 0 Å². The van der Waals surface area contributed by atoms with Gasteiger partial charge in [-0.2, -0.15) is 0 Å². The molecule has 18 heavy (non-hydrogen) atoms. The molecular weight excluding hydrogens is 230 g/mol. The van der Waals surface area contributed by atoms with Gasteiger partial charge in [-0.1, -0.05) is 19.9 Å². The van der Waals surface area contributed by atoms with Gasteiger partial charge in [-0.15, -0.1) is 0 Å². The van der Waals surface area contributed by atoms with Crippen molar-refractivity contribution in [2.75, 3.05) is 13.2 Å².